The van der Waals surface area contributed by atoms with Gasteiger partial charge in [-0.15, -0.1) is 0 Å². The molecule has 114 valence electrons. The highest BCUT2D eigenvalue weighted by molar-refractivity contribution is 7.91. The van der Waals surface area contributed by atoms with E-state index in [1.165, 1.54) is 11.4 Å². The van der Waals surface area contributed by atoms with E-state index in [4.69, 9.17) is 5.84 Å². The van der Waals surface area contributed by atoms with Gasteiger partial charge in [-0.25, -0.2) is 14.3 Å². The summed E-state index contributed by atoms with van der Waals surface area (Å²) in [6, 6.07) is 0.800. The Morgan fingerprint density at radius 1 is 1.45 bits per heavy atom. The second kappa shape index (κ2) is 6.04. The molecule has 0 amide bonds. The van der Waals surface area contributed by atoms with E-state index in [0.29, 0.717) is 0 Å². The lowest BCUT2D eigenvalue weighted by molar-refractivity contribution is -0.383. The highest BCUT2D eigenvalue weighted by Gasteiger charge is 2.32. The van der Waals surface area contributed by atoms with E-state index in [2.05, 4.69) is 5.43 Å². The molecule has 1 aromatic rings. The molecular weight excluding hydrogens is 304 g/mol. The molecule has 0 aliphatic heterocycles. The van der Waals surface area contributed by atoms with Crippen molar-refractivity contribution in [3.63, 3.8) is 0 Å². The van der Waals surface area contributed by atoms with Crippen LogP contribution in [0.25, 0.3) is 0 Å². The normalized spacial score (nSPS) is 13.8. The quantitative estimate of drug-likeness (QED) is 0.466. The van der Waals surface area contributed by atoms with Crippen LogP contribution in [0, 0.1) is 16.0 Å². The van der Waals surface area contributed by atoms with Crippen molar-refractivity contribution >= 4 is 32.0 Å². The topological polar surface area (TPSA) is 119 Å². The molecule has 0 saturated heterocycles. The fraction of sp³-hybridized carbons (Fsp3) is 0.600. The number of hydrogen-bond donors (Lipinski definition) is 2. The molecule has 3 N–H and O–H groups in total. The molecule has 20 heavy (non-hydrogen) atoms. The van der Waals surface area contributed by atoms with E-state index in [9.17, 15) is 18.5 Å². The van der Waals surface area contributed by atoms with E-state index in [1.807, 2.05) is 13.8 Å². The van der Waals surface area contributed by atoms with Gasteiger partial charge in [-0.1, -0.05) is 25.2 Å². The van der Waals surface area contributed by atoms with Crippen LogP contribution in [0.15, 0.2) is 10.3 Å². The summed E-state index contributed by atoms with van der Waals surface area (Å²) in [5, 5.41) is 10.9. The molecule has 0 aliphatic rings. The summed E-state index contributed by atoms with van der Waals surface area (Å²) >= 11 is 0.745. The molecule has 0 bridgehead atoms. The van der Waals surface area contributed by atoms with E-state index in [-0.39, 0.29) is 26.9 Å². The maximum Gasteiger partial charge on any atom is 0.306 e. The number of nitrogen functional groups attached to an aromatic ring is 1. The van der Waals surface area contributed by atoms with Crippen molar-refractivity contribution in [2.24, 2.45) is 11.8 Å². The van der Waals surface area contributed by atoms with Gasteiger partial charge in [0.05, 0.1) is 4.92 Å². The minimum Gasteiger partial charge on any atom is -0.310 e. The maximum absolute atomic E-state index is 12.4. The van der Waals surface area contributed by atoms with Crippen LogP contribution in [0.2, 0.25) is 0 Å². The summed E-state index contributed by atoms with van der Waals surface area (Å²) in [7, 11) is -2.32. The van der Waals surface area contributed by atoms with Crippen LogP contribution in [0.1, 0.15) is 20.8 Å². The third-order valence-corrected chi connectivity index (χ3v) is 6.64. The van der Waals surface area contributed by atoms with Crippen molar-refractivity contribution in [1.82, 2.24) is 4.31 Å². The number of hydrogen-bond acceptors (Lipinski definition) is 7. The molecule has 1 atom stereocenters. The first-order chi connectivity index (χ1) is 9.12. The van der Waals surface area contributed by atoms with Crippen molar-refractivity contribution < 1.29 is 13.3 Å². The summed E-state index contributed by atoms with van der Waals surface area (Å²) in [6.07, 6.45) is 0. The number of thiophene rings is 1. The third-order valence-electron chi connectivity index (χ3n) is 3.19. The molecule has 1 heterocycles. The van der Waals surface area contributed by atoms with Gasteiger partial charge in [0, 0.05) is 19.2 Å². The fourth-order valence-electron chi connectivity index (χ4n) is 1.51. The Kier molecular flexibility index (Phi) is 5.08. The predicted octanol–water partition coefficient (Wildman–Crippen LogP) is 1.61. The fourth-order valence-corrected chi connectivity index (χ4v) is 4.42. The molecule has 0 saturated carbocycles. The molecule has 0 fully saturated rings. The van der Waals surface area contributed by atoms with Crippen molar-refractivity contribution in [3.05, 3.63) is 16.2 Å². The van der Waals surface area contributed by atoms with Crippen molar-refractivity contribution in [2.75, 3.05) is 12.5 Å². The Labute approximate surface area is 121 Å². The average Bonchev–Trinajstić information content (AvgIpc) is 2.81. The van der Waals surface area contributed by atoms with Gasteiger partial charge in [0.2, 0.25) is 0 Å². The molecule has 1 rings (SSSR count). The minimum absolute atomic E-state index is 0.0131. The zero-order valence-corrected chi connectivity index (χ0v) is 13.3. The molecule has 1 unspecified atom stereocenters. The van der Waals surface area contributed by atoms with Crippen molar-refractivity contribution in [1.29, 1.82) is 0 Å². The lowest BCUT2D eigenvalue weighted by Crippen LogP contribution is -2.37. The highest BCUT2D eigenvalue weighted by Crippen LogP contribution is 2.37. The number of sulfonamides is 1. The molecule has 10 heteroatoms. The number of hydrazine groups is 1. The second-order valence-corrected chi connectivity index (χ2v) is 7.96. The Balaban J connectivity index is 3.26. The lowest BCUT2D eigenvalue weighted by atomic mass is 10.1. The van der Waals surface area contributed by atoms with E-state index < -0.39 is 14.9 Å². The van der Waals surface area contributed by atoms with Gasteiger partial charge in [-0.05, 0) is 12.8 Å². The minimum atomic E-state index is -3.78. The van der Waals surface area contributed by atoms with Gasteiger partial charge in [-0.2, -0.15) is 4.31 Å². The zero-order chi connectivity index (χ0) is 15.7. The van der Waals surface area contributed by atoms with Crippen LogP contribution < -0.4 is 11.3 Å². The molecule has 0 radical (unpaired) electrons. The maximum atomic E-state index is 12.4. The monoisotopic (exact) mass is 322 g/mol. The molecule has 0 aromatic carbocycles. The Bertz CT molecular complexity index is 596. The average molecular weight is 322 g/mol. The van der Waals surface area contributed by atoms with Crippen molar-refractivity contribution in [2.45, 2.75) is 31.0 Å². The van der Waals surface area contributed by atoms with E-state index >= 15 is 0 Å². The number of nitrogens with two attached hydrogens (primary N) is 1. The molecular formula is C10H18N4O4S2. The summed E-state index contributed by atoms with van der Waals surface area (Å²) in [5.41, 5.74) is 1.81. The zero-order valence-electron chi connectivity index (χ0n) is 11.7. The molecule has 0 aliphatic carbocycles. The molecule has 1 aromatic heterocycles. The van der Waals surface area contributed by atoms with Gasteiger partial charge in [-0.3, -0.25) is 10.1 Å². The van der Waals surface area contributed by atoms with Crippen LogP contribution >= 0.6 is 11.3 Å². The van der Waals surface area contributed by atoms with Gasteiger partial charge in [0.15, 0.2) is 5.00 Å². The van der Waals surface area contributed by atoms with Crippen molar-refractivity contribution in [3.8, 4) is 0 Å². The standard InChI is InChI=1S/C10H18N4O4S2/c1-6(2)7(3)13(4)20(17,18)9-5-8(14(15)16)10(12-11)19-9/h5-7,12H,11H2,1-4H3. The highest BCUT2D eigenvalue weighted by atomic mass is 32.2. The van der Waals surface area contributed by atoms with Crippen LogP contribution in [0.5, 0.6) is 0 Å². The summed E-state index contributed by atoms with van der Waals surface area (Å²) in [5.74, 6) is 5.30. The smallest absolute Gasteiger partial charge is 0.306 e. The number of anilines is 1. The van der Waals surface area contributed by atoms with Crippen LogP contribution in [-0.2, 0) is 10.0 Å². The first kappa shape index (κ1) is 16.8. The molecule has 8 nitrogen and oxygen atoms in total. The summed E-state index contributed by atoms with van der Waals surface area (Å²) in [6.45, 7) is 5.59. The van der Waals surface area contributed by atoms with Gasteiger partial charge < -0.3 is 5.43 Å². The first-order valence-corrected chi connectivity index (χ1v) is 8.11. The molecule has 0 spiro atoms. The largest absolute Gasteiger partial charge is 0.310 e. The third kappa shape index (κ3) is 3.08. The number of nitrogens with zero attached hydrogens (tertiary/aromatic N) is 2. The van der Waals surface area contributed by atoms with E-state index in [1.54, 1.807) is 6.92 Å². The predicted molar refractivity (Wildman–Crippen MR) is 78.0 cm³/mol. The first-order valence-electron chi connectivity index (χ1n) is 5.85. The van der Waals surface area contributed by atoms with Gasteiger partial charge in [0.1, 0.15) is 4.21 Å². The Morgan fingerprint density at radius 3 is 2.35 bits per heavy atom. The Morgan fingerprint density at radius 2 is 2.00 bits per heavy atom. The summed E-state index contributed by atoms with van der Waals surface area (Å²) < 4.78 is 26.0. The van der Waals surface area contributed by atoms with Crippen LogP contribution in [0.4, 0.5) is 10.7 Å². The van der Waals surface area contributed by atoms with Gasteiger partial charge >= 0.3 is 5.69 Å². The summed E-state index contributed by atoms with van der Waals surface area (Å²) in [4.78, 5) is 10.2. The lowest BCUT2D eigenvalue weighted by Gasteiger charge is -2.26. The SMILES string of the molecule is CC(C)C(C)N(C)S(=O)(=O)c1cc([N+](=O)[O-])c(NN)s1. The van der Waals surface area contributed by atoms with Crippen LogP contribution in [0.3, 0.4) is 0 Å². The number of nitro groups is 1. The second-order valence-electron chi connectivity index (χ2n) is 4.69. The van der Waals surface area contributed by atoms with Crippen LogP contribution in [-0.4, -0.2) is 30.7 Å². The Hall–Kier alpha value is -1.23. The number of rotatable bonds is 6. The number of nitrogens with one attached hydrogen (secondary N) is 1. The van der Waals surface area contributed by atoms with Gasteiger partial charge in [0.25, 0.3) is 10.0 Å². The van der Waals surface area contributed by atoms with E-state index in [0.717, 1.165) is 17.4 Å².